The summed E-state index contributed by atoms with van der Waals surface area (Å²) in [6, 6.07) is 0.793. The topological polar surface area (TPSA) is 67.0 Å². The molecule has 0 fully saturated rings. The highest BCUT2D eigenvalue weighted by molar-refractivity contribution is 9.10. The van der Waals surface area contributed by atoms with Crippen LogP contribution in [-0.2, 0) is 9.05 Å². The summed E-state index contributed by atoms with van der Waals surface area (Å²) in [5.74, 6) is 0. The number of halogens is 4. The van der Waals surface area contributed by atoms with Crippen LogP contribution in [0.4, 0.5) is 8.78 Å². The summed E-state index contributed by atoms with van der Waals surface area (Å²) in [6.07, 6.45) is -3.10. The smallest absolute Gasteiger partial charge is 0.269 e. The molecule has 0 radical (unpaired) electrons. The van der Waals surface area contributed by atoms with Crippen molar-refractivity contribution in [2.45, 2.75) is 11.3 Å². The van der Waals surface area contributed by atoms with Crippen molar-refractivity contribution in [2.24, 2.45) is 0 Å². The van der Waals surface area contributed by atoms with E-state index in [4.69, 9.17) is 10.7 Å². The van der Waals surface area contributed by atoms with Crippen LogP contribution in [-0.4, -0.2) is 13.4 Å². The van der Waals surface area contributed by atoms with Gasteiger partial charge in [0.2, 0.25) is 0 Å². The zero-order valence-corrected chi connectivity index (χ0v) is 9.96. The molecule has 0 aromatic carbocycles. The summed E-state index contributed by atoms with van der Waals surface area (Å²) < 4.78 is 46.6. The summed E-state index contributed by atoms with van der Waals surface area (Å²) in [4.78, 5) is 12.0. The number of nitrogens with one attached hydrogen (secondary N) is 1. The van der Waals surface area contributed by atoms with Gasteiger partial charge in [0.15, 0.2) is 4.90 Å². The fourth-order valence-electron chi connectivity index (χ4n) is 0.948. The van der Waals surface area contributed by atoms with E-state index in [9.17, 15) is 22.0 Å². The van der Waals surface area contributed by atoms with Crippen molar-refractivity contribution in [3.63, 3.8) is 0 Å². The molecule has 9 heteroatoms. The van der Waals surface area contributed by atoms with Gasteiger partial charge in [0.05, 0.1) is 4.60 Å². The van der Waals surface area contributed by atoms with Crippen molar-refractivity contribution >= 4 is 35.7 Å². The molecule has 1 rings (SSSR count). The normalized spacial score (nSPS) is 12.1. The van der Waals surface area contributed by atoms with Gasteiger partial charge in [0, 0.05) is 16.2 Å². The van der Waals surface area contributed by atoms with Gasteiger partial charge in [0.1, 0.15) is 0 Å². The third-order valence-electron chi connectivity index (χ3n) is 1.46. The van der Waals surface area contributed by atoms with Crippen LogP contribution in [0.2, 0.25) is 0 Å². The van der Waals surface area contributed by atoms with Gasteiger partial charge in [-0.05, 0) is 22.0 Å². The maximum atomic E-state index is 12.4. The predicted octanol–water partition coefficient (Wildman–Crippen LogP) is 2.00. The van der Waals surface area contributed by atoms with Crippen LogP contribution < -0.4 is 5.56 Å². The Kier molecular flexibility index (Phi) is 3.51. The monoisotopic (exact) mass is 321 g/mol. The van der Waals surface area contributed by atoms with Crippen molar-refractivity contribution in [1.82, 2.24) is 4.98 Å². The Morgan fingerprint density at radius 3 is 2.40 bits per heavy atom. The molecule has 0 spiro atoms. The fraction of sp³-hybridized carbons (Fsp3) is 0.167. The standard InChI is InChI=1S/C6H3BrClF2NO3S/c7-3-1-2(5(9)10)4(6(12)11-3)15(8,13)14/h1,5H,(H,11,12). The molecule has 1 N–H and O–H groups in total. The Labute approximate surface area is 95.8 Å². The lowest BCUT2D eigenvalue weighted by Gasteiger charge is -2.04. The average molecular weight is 323 g/mol. The third-order valence-corrected chi connectivity index (χ3v) is 3.26. The maximum absolute atomic E-state index is 12.4. The minimum absolute atomic E-state index is 0.0492. The van der Waals surface area contributed by atoms with E-state index in [0.717, 1.165) is 6.07 Å². The predicted molar refractivity (Wildman–Crippen MR) is 52.8 cm³/mol. The van der Waals surface area contributed by atoms with Gasteiger partial charge in [-0.15, -0.1) is 0 Å². The zero-order chi connectivity index (χ0) is 11.8. The molecular formula is C6H3BrClF2NO3S. The van der Waals surface area contributed by atoms with E-state index in [-0.39, 0.29) is 4.60 Å². The van der Waals surface area contributed by atoms with E-state index < -0.39 is 31.5 Å². The van der Waals surface area contributed by atoms with Gasteiger partial charge in [-0.25, -0.2) is 17.2 Å². The Morgan fingerprint density at radius 1 is 1.47 bits per heavy atom. The number of pyridine rings is 1. The average Bonchev–Trinajstić information content (AvgIpc) is 1.99. The first-order chi connectivity index (χ1) is 6.73. The number of hydrogen-bond donors (Lipinski definition) is 1. The van der Waals surface area contributed by atoms with E-state index in [1.54, 1.807) is 0 Å². The zero-order valence-electron chi connectivity index (χ0n) is 6.80. The van der Waals surface area contributed by atoms with Crippen LogP contribution in [0.15, 0.2) is 20.4 Å². The lowest BCUT2D eigenvalue weighted by molar-refractivity contribution is 0.147. The minimum Gasteiger partial charge on any atom is -0.315 e. The molecule has 0 amide bonds. The number of aromatic amines is 1. The molecule has 0 atom stereocenters. The van der Waals surface area contributed by atoms with Crippen molar-refractivity contribution in [2.75, 3.05) is 0 Å². The van der Waals surface area contributed by atoms with Gasteiger partial charge >= 0.3 is 0 Å². The van der Waals surface area contributed by atoms with Crippen molar-refractivity contribution in [1.29, 1.82) is 0 Å². The van der Waals surface area contributed by atoms with Crippen LogP contribution in [0.5, 0.6) is 0 Å². The van der Waals surface area contributed by atoms with Crippen molar-refractivity contribution in [3.8, 4) is 0 Å². The Bertz CT molecular complexity index is 542. The molecule has 0 aliphatic heterocycles. The Morgan fingerprint density at radius 2 is 2.00 bits per heavy atom. The first-order valence-electron chi connectivity index (χ1n) is 3.39. The first-order valence-corrected chi connectivity index (χ1v) is 6.49. The summed E-state index contributed by atoms with van der Waals surface area (Å²) in [5.41, 5.74) is -2.12. The number of alkyl halides is 2. The Hall–Kier alpha value is -0.470. The molecule has 0 aliphatic carbocycles. The van der Waals surface area contributed by atoms with Crippen LogP contribution in [0.1, 0.15) is 12.0 Å². The van der Waals surface area contributed by atoms with Gasteiger partial charge in [-0.2, -0.15) is 0 Å². The summed E-state index contributed by atoms with van der Waals surface area (Å²) in [6.45, 7) is 0. The second-order valence-electron chi connectivity index (χ2n) is 2.47. The maximum Gasteiger partial charge on any atom is 0.269 e. The van der Waals surface area contributed by atoms with Gasteiger partial charge in [0.25, 0.3) is 21.0 Å². The van der Waals surface area contributed by atoms with Gasteiger partial charge in [-0.3, -0.25) is 4.79 Å². The molecule has 1 aromatic rings. The van der Waals surface area contributed by atoms with Crippen molar-refractivity contribution < 1.29 is 17.2 Å². The van der Waals surface area contributed by atoms with Crippen molar-refractivity contribution in [3.05, 3.63) is 26.6 Å². The van der Waals surface area contributed by atoms with E-state index in [1.165, 1.54) is 0 Å². The van der Waals surface area contributed by atoms with E-state index in [1.807, 2.05) is 4.98 Å². The highest BCUT2D eigenvalue weighted by Crippen LogP contribution is 2.27. The molecule has 0 saturated heterocycles. The minimum atomic E-state index is -4.50. The highest BCUT2D eigenvalue weighted by atomic mass is 79.9. The summed E-state index contributed by atoms with van der Waals surface area (Å²) in [5, 5.41) is 0. The SMILES string of the molecule is O=c1[nH]c(Br)cc(C(F)F)c1S(=O)(=O)Cl. The lowest BCUT2D eigenvalue weighted by Crippen LogP contribution is -2.18. The molecule has 0 saturated carbocycles. The molecule has 4 nitrogen and oxygen atoms in total. The summed E-state index contributed by atoms with van der Waals surface area (Å²) in [7, 11) is 0.371. The number of hydrogen-bond acceptors (Lipinski definition) is 3. The molecule has 1 aromatic heterocycles. The number of rotatable bonds is 2. The second kappa shape index (κ2) is 4.18. The molecule has 0 aliphatic rings. The van der Waals surface area contributed by atoms with Gasteiger partial charge < -0.3 is 4.98 Å². The van der Waals surface area contributed by atoms with Crippen LogP contribution >= 0.6 is 26.6 Å². The molecule has 1 heterocycles. The number of H-pyrrole nitrogens is 1. The van der Waals surface area contributed by atoms with Gasteiger partial charge in [-0.1, -0.05) is 0 Å². The third kappa shape index (κ3) is 2.76. The van der Waals surface area contributed by atoms with E-state index >= 15 is 0 Å². The van der Waals surface area contributed by atoms with Crippen LogP contribution in [0.25, 0.3) is 0 Å². The lowest BCUT2D eigenvalue weighted by atomic mass is 10.3. The second-order valence-corrected chi connectivity index (χ2v) is 5.83. The quantitative estimate of drug-likeness (QED) is 0.669. The van der Waals surface area contributed by atoms with E-state index in [0.29, 0.717) is 0 Å². The molecule has 15 heavy (non-hydrogen) atoms. The molecule has 0 unspecified atom stereocenters. The first kappa shape index (κ1) is 12.6. The molecule has 84 valence electrons. The van der Waals surface area contributed by atoms with E-state index in [2.05, 4.69) is 15.9 Å². The highest BCUT2D eigenvalue weighted by Gasteiger charge is 2.26. The van der Waals surface area contributed by atoms with Crippen LogP contribution in [0, 0.1) is 0 Å². The largest absolute Gasteiger partial charge is 0.315 e. The molecule has 0 bridgehead atoms. The number of aromatic nitrogens is 1. The fourth-order valence-corrected chi connectivity index (χ4v) is 2.55. The molecular weight excluding hydrogens is 319 g/mol. The Balaban J connectivity index is 3.71. The van der Waals surface area contributed by atoms with Crippen LogP contribution in [0.3, 0.4) is 0 Å². The summed E-state index contributed by atoms with van der Waals surface area (Å²) >= 11 is 2.76.